The van der Waals surface area contributed by atoms with Crippen LogP contribution in [0.4, 0.5) is 4.39 Å². The minimum Gasteiger partial charge on any atom is -0.484 e. The number of rotatable bonds is 6. The van der Waals surface area contributed by atoms with E-state index in [1.165, 1.54) is 6.07 Å². The molecule has 1 aliphatic rings. The molecule has 1 fully saturated rings. The Balaban J connectivity index is 1.29. The van der Waals surface area contributed by atoms with Crippen LogP contribution in [0.5, 0.6) is 5.75 Å². The topological polar surface area (TPSA) is 45.9 Å². The van der Waals surface area contributed by atoms with Crippen LogP contribution in [0.2, 0.25) is 5.02 Å². The lowest BCUT2D eigenvalue weighted by atomic mass is 10.2. The average molecular weight is 508 g/mol. The first-order valence-electron chi connectivity index (χ1n) is 9.90. The quantitative estimate of drug-likeness (QED) is 0.450. The molecule has 5 nitrogen and oxygen atoms in total. The number of carbonyl (C=O) groups is 1. The number of benzene rings is 2. The predicted octanol–water partition coefficient (Wildman–Crippen LogP) is 5.37. The lowest BCUT2D eigenvalue weighted by Crippen LogP contribution is -2.48. The molecular weight excluding hydrogens is 487 g/mol. The van der Waals surface area contributed by atoms with Crippen LogP contribution in [0.25, 0.3) is 0 Å². The number of piperazine rings is 1. The van der Waals surface area contributed by atoms with Crippen molar-refractivity contribution in [1.29, 1.82) is 0 Å². The summed E-state index contributed by atoms with van der Waals surface area (Å²) in [7, 11) is 0. The van der Waals surface area contributed by atoms with E-state index in [4.69, 9.17) is 20.8 Å². The van der Waals surface area contributed by atoms with Gasteiger partial charge in [-0.25, -0.2) is 4.39 Å². The maximum Gasteiger partial charge on any atom is 0.289 e. The van der Waals surface area contributed by atoms with Gasteiger partial charge in [0.05, 0.1) is 5.02 Å². The maximum atomic E-state index is 13.4. The summed E-state index contributed by atoms with van der Waals surface area (Å²) in [5, 5.41) is 0.494. The minimum absolute atomic E-state index is 0.140. The van der Waals surface area contributed by atoms with Crippen molar-refractivity contribution in [2.24, 2.45) is 0 Å². The van der Waals surface area contributed by atoms with Crippen LogP contribution in [0, 0.1) is 5.82 Å². The van der Waals surface area contributed by atoms with Gasteiger partial charge < -0.3 is 14.1 Å². The number of ether oxygens (including phenoxy) is 1. The Bertz CT molecular complexity index is 1070. The second-order valence-corrected chi connectivity index (χ2v) is 8.65. The SMILES string of the molecule is O=C(c1ccc(COc2ccc(Br)cc2Cl)o1)N1CCN(Cc2cccc(F)c2)CC1. The summed E-state index contributed by atoms with van der Waals surface area (Å²) in [6.07, 6.45) is 0. The van der Waals surface area contributed by atoms with Crippen LogP contribution in [0.3, 0.4) is 0 Å². The Morgan fingerprint density at radius 1 is 1.10 bits per heavy atom. The van der Waals surface area contributed by atoms with E-state index in [0.29, 0.717) is 41.9 Å². The van der Waals surface area contributed by atoms with E-state index in [2.05, 4.69) is 20.8 Å². The number of carbonyl (C=O) groups excluding carboxylic acids is 1. The summed E-state index contributed by atoms with van der Waals surface area (Å²) < 4.78 is 25.6. The van der Waals surface area contributed by atoms with E-state index in [1.807, 2.05) is 12.1 Å². The van der Waals surface area contributed by atoms with Gasteiger partial charge in [-0.3, -0.25) is 9.69 Å². The Morgan fingerprint density at radius 2 is 1.90 bits per heavy atom. The van der Waals surface area contributed by atoms with Crippen LogP contribution < -0.4 is 4.74 Å². The van der Waals surface area contributed by atoms with Crippen LogP contribution in [0.1, 0.15) is 21.9 Å². The van der Waals surface area contributed by atoms with Crippen molar-refractivity contribution >= 4 is 33.4 Å². The molecule has 1 aromatic heterocycles. The van der Waals surface area contributed by atoms with Crippen LogP contribution in [-0.2, 0) is 13.2 Å². The molecule has 2 aromatic carbocycles. The van der Waals surface area contributed by atoms with Crippen molar-refractivity contribution in [1.82, 2.24) is 9.80 Å². The van der Waals surface area contributed by atoms with Crippen molar-refractivity contribution < 1.29 is 18.3 Å². The van der Waals surface area contributed by atoms with Crippen molar-refractivity contribution in [2.75, 3.05) is 26.2 Å². The Kier molecular flexibility index (Phi) is 6.95. The highest BCUT2D eigenvalue weighted by molar-refractivity contribution is 9.10. The molecule has 2 heterocycles. The lowest BCUT2D eigenvalue weighted by molar-refractivity contribution is 0.0594. The molecule has 1 amide bonds. The standard InChI is InChI=1S/C23H21BrClFN2O3/c24-17-4-6-21(20(25)13-17)30-15-19-5-7-22(31-19)23(29)28-10-8-27(9-11-28)14-16-2-1-3-18(26)12-16/h1-7,12-13H,8-11,14-15H2. The molecule has 0 radical (unpaired) electrons. The smallest absolute Gasteiger partial charge is 0.289 e. The van der Waals surface area contributed by atoms with Gasteiger partial charge in [0.1, 0.15) is 23.9 Å². The van der Waals surface area contributed by atoms with Crippen LogP contribution >= 0.6 is 27.5 Å². The van der Waals surface area contributed by atoms with Gasteiger partial charge in [-0.1, -0.05) is 39.7 Å². The Labute approximate surface area is 193 Å². The third kappa shape index (κ3) is 5.67. The number of hydrogen-bond donors (Lipinski definition) is 0. The van der Waals surface area contributed by atoms with Gasteiger partial charge in [-0.05, 0) is 48.0 Å². The molecule has 0 aliphatic carbocycles. The highest BCUT2D eigenvalue weighted by Gasteiger charge is 2.24. The molecule has 0 unspecified atom stereocenters. The van der Waals surface area contributed by atoms with E-state index < -0.39 is 0 Å². The molecule has 3 aromatic rings. The van der Waals surface area contributed by atoms with Crippen molar-refractivity contribution in [3.63, 3.8) is 0 Å². The summed E-state index contributed by atoms with van der Waals surface area (Å²) in [6.45, 7) is 3.48. The predicted molar refractivity (Wildman–Crippen MR) is 120 cm³/mol. The van der Waals surface area contributed by atoms with E-state index >= 15 is 0 Å². The fourth-order valence-corrected chi connectivity index (χ4v) is 4.20. The van der Waals surface area contributed by atoms with Crippen molar-refractivity contribution in [2.45, 2.75) is 13.2 Å². The molecule has 31 heavy (non-hydrogen) atoms. The van der Waals surface area contributed by atoms with Crippen molar-refractivity contribution in [3.8, 4) is 5.75 Å². The Hall–Kier alpha value is -2.35. The third-order valence-corrected chi connectivity index (χ3v) is 5.88. The number of hydrogen-bond acceptors (Lipinski definition) is 4. The second-order valence-electron chi connectivity index (χ2n) is 7.33. The van der Waals surface area contributed by atoms with Gasteiger partial charge in [0.25, 0.3) is 5.91 Å². The summed E-state index contributed by atoms with van der Waals surface area (Å²) in [5.41, 5.74) is 0.932. The monoisotopic (exact) mass is 506 g/mol. The Morgan fingerprint density at radius 3 is 2.65 bits per heavy atom. The fraction of sp³-hybridized carbons (Fsp3) is 0.261. The van der Waals surface area contributed by atoms with Gasteiger partial charge in [-0.2, -0.15) is 0 Å². The first kappa shape index (κ1) is 21.9. The highest BCUT2D eigenvalue weighted by atomic mass is 79.9. The molecular formula is C23H21BrClFN2O3. The number of nitrogens with zero attached hydrogens (tertiary/aromatic N) is 2. The number of halogens is 3. The number of furan rings is 1. The summed E-state index contributed by atoms with van der Waals surface area (Å²) in [5.74, 6) is 1.01. The van der Waals surface area contributed by atoms with Crippen molar-refractivity contribution in [3.05, 3.63) is 87.0 Å². The van der Waals surface area contributed by atoms with Gasteiger partial charge in [0, 0.05) is 37.2 Å². The molecule has 0 saturated carbocycles. The summed E-state index contributed by atoms with van der Waals surface area (Å²) in [4.78, 5) is 16.8. The molecule has 8 heteroatoms. The average Bonchev–Trinajstić information content (AvgIpc) is 3.22. The lowest BCUT2D eigenvalue weighted by Gasteiger charge is -2.34. The van der Waals surface area contributed by atoms with E-state index in [1.54, 1.807) is 41.3 Å². The zero-order valence-corrected chi connectivity index (χ0v) is 19.0. The fourth-order valence-electron chi connectivity index (χ4n) is 3.47. The second kappa shape index (κ2) is 9.85. The molecule has 0 N–H and O–H groups in total. The third-order valence-electron chi connectivity index (χ3n) is 5.09. The number of amides is 1. The summed E-state index contributed by atoms with van der Waals surface area (Å²) in [6, 6.07) is 15.4. The minimum atomic E-state index is -0.230. The van der Waals surface area contributed by atoms with Gasteiger partial charge >= 0.3 is 0 Å². The van der Waals surface area contributed by atoms with Crippen LogP contribution in [0.15, 0.2) is 63.5 Å². The molecule has 1 aliphatic heterocycles. The van der Waals surface area contributed by atoms with Crippen LogP contribution in [-0.4, -0.2) is 41.9 Å². The van der Waals surface area contributed by atoms with Gasteiger partial charge in [0.2, 0.25) is 0 Å². The van der Waals surface area contributed by atoms with E-state index in [-0.39, 0.29) is 18.3 Å². The molecule has 0 bridgehead atoms. The normalized spacial score (nSPS) is 14.6. The van der Waals surface area contributed by atoms with E-state index in [0.717, 1.165) is 23.1 Å². The maximum absolute atomic E-state index is 13.4. The molecule has 162 valence electrons. The zero-order chi connectivity index (χ0) is 21.8. The molecule has 0 atom stereocenters. The van der Waals surface area contributed by atoms with E-state index in [9.17, 15) is 9.18 Å². The largest absolute Gasteiger partial charge is 0.484 e. The summed E-state index contributed by atoms with van der Waals surface area (Å²) >= 11 is 9.51. The highest BCUT2D eigenvalue weighted by Crippen LogP contribution is 2.28. The van der Waals surface area contributed by atoms with Gasteiger partial charge in [0.15, 0.2) is 5.76 Å². The first-order chi connectivity index (χ1) is 15.0. The first-order valence-corrected chi connectivity index (χ1v) is 11.1. The zero-order valence-electron chi connectivity index (χ0n) is 16.7. The van der Waals surface area contributed by atoms with Gasteiger partial charge in [-0.15, -0.1) is 0 Å². The molecule has 1 saturated heterocycles. The molecule has 4 rings (SSSR count). The molecule has 0 spiro atoms.